The highest BCUT2D eigenvalue weighted by molar-refractivity contribution is 6.34. The van der Waals surface area contributed by atoms with E-state index in [1.54, 1.807) is 31.4 Å². The molecule has 0 aliphatic heterocycles. The van der Waals surface area contributed by atoms with Crippen LogP contribution >= 0.6 is 11.6 Å². The Hall–Kier alpha value is -2.79. The van der Waals surface area contributed by atoms with Crippen molar-refractivity contribution in [2.45, 2.75) is 6.92 Å². The number of amides is 2. The standard InChI is InChI=1S/C18H17ClN2O3/c1-12(22)20-14-8-9-16(15(19)11-14)21-18(23)10-7-13-5-3-4-6-17(13)24-2/h3-11H,1-2H3,(H,20,22)(H,21,23)/b10-7+. The first-order valence-electron chi connectivity index (χ1n) is 7.19. The van der Waals surface area contributed by atoms with E-state index in [0.717, 1.165) is 5.56 Å². The molecule has 0 radical (unpaired) electrons. The van der Waals surface area contributed by atoms with Gasteiger partial charge in [-0.25, -0.2) is 0 Å². The number of carbonyl (C=O) groups excluding carboxylic acids is 2. The average Bonchev–Trinajstić information content (AvgIpc) is 2.55. The highest BCUT2D eigenvalue weighted by atomic mass is 35.5. The van der Waals surface area contributed by atoms with Crippen LogP contribution in [-0.4, -0.2) is 18.9 Å². The number of hydrogen-bond donors (Lipinski definition) is 2. The fourth-order valence-electron chi connectivity index (χ4n) is 2.04. The summed E-state index contributed by atoms with van der Waals surface area (Å²) in [7, 11) is 1.57. The van der Waals surface area contributed by atoms with Crippen molar-refractivity contribution in [2.75, 3.05) is 17.7 Å². The van der Waals surface area contributed by atoms with Crippen molar-refractivity contribution in [3.05, 3.63) is 59.1 Å². The highest BCUT2D eigenvalue weighted by Gasteiger charge is 2.06. The zero-order valence-corrected chi connectivity index (χ0v) is 14.1. The SMILES string of the molecule is COc1ccccc1/C=C/C(=O)Nc1ccc(NC(C)=O)cc1Cl. The quantitative estimate of drug-likeness (QED) is 0.807. The van der Waals surface area contributed by atoms with E-state index in [4.69, 9.17) is 16.3 Å². The lowest BCUT2D eigenvalue weighted by atomic mass is 10.2. The third-order valence-electron chi connectivity index (χ3n) is 3.10. The fourth-order valence-corrected chi connectivity index (χ4v) is 2.27. The van der Waals surface area contributed by atoms with Gasteiger partial charge < -0.3 is 15.4 Å². The molecule has 2 aromatic rings. The number of halogens is 1. The largest absolute Gasteiger partial charge is 0.496 e. The highest BCUT2D eigenvalue weighted by Crippen LogP contribution is 2.25. The molecule has 0 saturated carbocycles. The molecule has 0 saturated heterocycles. The van der Waals surface area contributed by atoms with Crippen molar-refractivity contribution in [1.82, 2.24) is 0 Å². The average molecular weight is 345 g/mol. The summed E-state index contributed by atoms with van der Waals surface area (Å²) in [5, 5.41) is 5.64. The molecule has 0 fully saturated rings. The van der Waals surface area contributed by atoms with Gasteiger partial charge >= 0.3 is 0 Å². The third-order valence-corrected chi connectivity index (χ3v) is 3.41. The van der Waals surface area contributed by atoms with Gasteiger partial charge in [-0.1, -0.05) is 29.8 Å². The molecule has 0 unspecified atom stereocenters. The van der Waals surface area contributed by atoms with Gasteiger partial charge in [-0.15, -0.1) is 0 Å². The molecule has 2 N–H and O–H groups in total. The molecular formula is C18H17ClN2O3. The van der Waals surface area contributed by atoms with Crippen molar-refractivity contribution in [1.29, 1.82) is 0 Å². The number of para-hydroxylation sites is 1. The number of hydrogen-bond acceptors (Lipinski definition) is 3. The van der Waals surface area contributed by atoms with Crippen LogP contribution in [0.15, 0.2) is 48.5 Å². The van der Waals surface area contributed by atoms with Crippen molar-refractivity contribution in [3.8, 4) is 5.75 Å². The third kappa shape index (κ3) is 4.86. The first-order chi connectivity index (χ1) is 11.5. The summed E-state index contributed by atoms with van der Waals surface area (Å²) in [6.07, 6.45) is 3.06. The van der Waals surface area contributed by atoms with Gasteiger partial charge in [-0.3, -0.25) is 9.59 Å². The maximum atomic E-state index is 12.0. The summed E-state index contributed by atoms with van der Waals surface area (Å²) in [5.41, 5.74) is 1.82. The van der Waals surface area contributed by atoms with Crippen molar-refractivity contribution in [2.24, 2.45) is 0 Å². The van der Waals surface area contributed by atoms with Crippen LogP contribution in [0.1, 0.15) is 12.5 Å². The Morgan fingerprint density at radius 1 is 1.12 bits per heavy atom. The van der Waals surface area contributed by atoms with Crippen LogP contribution < -0.4 is 15.4 Å². The summed E-state index contributed by atoms with van der Waals surface area (Å²) >= 11 is 6.11. The number of nitrogens with one attached hydrogen (secondary N) is 2. The second kappa shape index (κ2) is 8.17. The van der Waals surface area contributed by atoms with Crippen LogP contribution in [0, 0.1) is 0 Å². The molecule has 5 nitrogen and oxygen atoms in total. The molecule has 0 aromatic heterocycles. The Labute approximate surface area is 145 Å². The number of rotatable bonds is 5. The van der Waals surface area contributed by atoms with E-state index in [2.05, 4.69) is 10.6 Å². The minimum Gasteiger partial charge on any atom is -0.496 e. The smallest absolute Gasteiger partial charge is 0.248 e. The van der Waals surface area contributed by atoms with Gasteiger partial charge in [0.05, 0.1) is 17.8 Å². The second-order valence-electron chi connectivity index (χ2n) is 4.94. The Kier molecular flexibility index (Phi) is 5.98. The zero-order chi connectivity index (χ0) is 17.5. The Morgan fingerprint density at radius 2 is 1.88 bits per heavy atom. The van der Waals surface area contributed by atoms with Crippen molar-refractivity contribution < 1.29 is 14.3 Å². The second-order valence-corrected chi connectivity index (χ2v) is 5.35. The maximum Gasteiger partial charge on any atom is 0.248 e. The Morgan fingerprint density at radius 3 is 2.54 bits per heavy atom. The first kappa shape index (κ1) is 17.6. The summed E-state index contributed by atoms with van der Waals surface area (Å²) in [6, 6.07) is 12.2. The van der Waals surface area contributed by atoms with E-state index in [1.807, 2.05) is 24.3 Å². The molecule has 2 amide bonds. The van der Waals surface area contributed by atoms with Crippen LogP contribution in [0.5, 0.6) is 5.75 Å². The predicted molar refractivity (Wildman–Crippen MR) is 96.4 cm³/mol. The van der Waals surface area contributed by atoms with Crippen molar-refractivity contribution >= 4 is 40.9 Å². The van der Waals surface area contributed by atoms with Crippen LogP contribution in [0.4, 0.5) is 11.4 Å². The maximum absolute atomic E-state index is 12.0. The topological polar surface area (TPSA) is 67.4 Å². The number of methoxy groups -OCH3 is 1. The number of carbonyl (C=O) groups is 2. The minimum atomic E-state index is -0.324. The van der Waals surface area contributed by atoms with E-state index < -0.39 is 0 Å². The molecule has 0 atom stereocenters. The molecule has 6 heteroatoms. The van der Waals surface area contributed by atoms with Crippen molar-refractivity contribution in [3.63, 3.8) is 0 Å². The van der Waals surface area contributed by atoms with Gasteiger partial charge in [0.25, 0.3) is 0 Å². The molecule has 0 heterocycles. The Balaban J connectivity index is 2.07. The fraction of sp³-hybridized carbons (Fsp3) is 0.111. The van der Waals surface area contributed by atoms with E-state index in [0.29, 0.717) is 22.1 Å². The lowest BCUT2D eigenvalue weighted by molar-refractivity contribution is -0.114. The summed E-state index contributed by atoms with van der Waals surface area (Å²) in [4.78, 5) is 23.0. The van der Waals surface area contributed by atoms with Crippen LogP contribution in [0.3, 0.4) is 0 Å². The molecule has 0 aliphatic carbocycles. The number of benzene rings is 2. The minimum absolute atomic E-state index is 0.192. The van der Waals surface area contributed by atoms with Crippen LogP contribution in [0.25, 0.3) is 6.08 Å². The van der Waals surface area contributed by atoms with Gasteiger partial charge in [0, 0.05) is 24.3 Å². The number of ether oxygens (including phenoxy) is 1. The first-order valence-corrected chi connectivity index (χ1v) is 7.56. The predicted octanol–water partition coefficient (Wildman–Crippen LogP) is 3.96. The molecular weight excluding hydrogens is 328 g/mol. The Bertz CT molecular complexity index is 788. The molecule has 0 aliphatic rings. The molecule has 0 spiro atoms. The summed E-state index contributed by atoms with van der Waals surface area (Å²) in [6.45, 7) is 1.41. The lowest BCUT2D eigenvalue weighted by Gasteiger charge is -2.08. The van der Waals surface area contributed by atoms with Crippen LogP contribution in [0.2, 0.25) is 5.02 Å². The number of anilines is 2. The monoisotopic (exact) mass is 344 g/mol. The van der Waals surface area contributed by atoms with Gasteiger partial charge in [-0.05, 0) is 30.3 Å². The molecule has 2 aromatic carbocycles. The lowest BCUT2D eigenvalue weighted by Crippen LogP contribution is -2.09. The van der Waals surface area contributed by atoms with E-state index in [1.165, 1.54) is 13.0 Å². The molecule has 24 heavy (non-hydrogen) atoms. The van der Waals surface area contributed by atoms with Gasteiger partial charge in [0.2, 0.25) is 11.8 Å². The normalized spacial score (nSPS) is 10.5. The van der Waals surface area contributed by atoms with Crippen LogP contribution in [-0.2, 0) is 9.59 Å². The summed E-state index contributed by atoms with van der Waals surface area (Å²) < 4.78 is 5.22. The molecule has 0 bridgehead atoms. The van der Waals surface area contributed by atoms with Gasteiger partial charge in [-0.2, -0.15) is 0 Å². The van der Waals surface area contributed by atoms with E-state index >= 15 is 0 Å². The zero-order valence-electron chi connectivity index (χ0n) is 13.3. The van der Waals surface area contributed by atoms with Gasteiger partial charge in [0.1, 0.15) is 5.75 Å². The van der Waals surface area contributed by atoms with E-state index in [-0.39, 0.29) is 11.8 Å². The summed E-state index contributed by atoms with van der Waals surface area (Å²) in [5.74, 6) is 0.164. The molecule has 124 valence electrons. The molecule has 2 rings (SSSR count). The van der Waals surface area contributed by atoms with E-state index in [9.17, 15) is 9.59 Å². The van der Waals surface area contributed by atoms with Gasteiger partial charge in [0.15, 0.2) is 0 Å².